The number of para-hydroxylation sites is 1. The first-order chi connectivity index (χ1) is 19.6. The number of nitrogens with one attached hydrogen (secondary N) is 3. The number of amides is 1. The van der Waals surface area contributed by atoms with E-state index in [0.29, 0.717) is 34.3 Å². The third kappa shape index (κ3) is 6.93. The summed E-state index contributed by atoms with van der Waals surface area (Å²) in [6.07, 6.45) is -3.02. The summed E-state index contributed by atoms with van der Waals surface area (Å²) in [4.78, 5) is 17.4. The Morgan fingerprint density at radius 2 is 1.56 bits per heavy atom. The van der Waals surface area contributed by atoms with Crippen LogP contribution in [0.25, 0.3) is 0 Å². The van der Waals surface area contributed by atoms with Crippen molar-refractivity contribution in [1.82, 2.24) is 20.5 Å². The third-order valence-corrected chi connectivity index (χ3v) is 5.93. The lowest BCUT2D eigenvalue weighted by atomic mass is 10.1. The second-order valence-electron chi connectivity index (χ2n) is 8.69. The van der Waals surface area contributed by atoms with Gasteiger partial charge in [0.2, 0.25) is 11.7 Å². The van der Waals surface area contributed by atoms with Crippen molar-refractivity contribution in [2.24, 2.45) is 0 Å². The Morgan fingerprint density at radius 3 is 2.17 bits per heavy atom. The zero-order valence-corrected chi connectivity index (χ0v) is 22.5. The smallest absolute Gasteiger partial charge is 0.416 e. The van der Waals surface area contributed by atoms with Crippen molar-refractivity contribution >= 4 is 28.9 Å². The van der Waals surface area contributed by atoms with Gasteiger partial charge in [0, 0.05) is 23.5 Å². The minimum absolute atomic E-state index is 0.192. The van der Waals surface area contributed by atoms with E-state index in [0.717, 1.165) is 12.1 Å². The molecule has 1 atom stereocenters. The number of carbonyl (C=O) groups excluding carboxylic acids is 1. The molecule has 0 radical (unpaired) electrons. The number of methoxy groups -OCH3 is 3. The topological polar surface area (TPSA) is 120 Å². The number of hydrogen-bond acceptors (Lipinski definition) is 9. The molecule has 10 nitrogen and oxygen atoms in total. The van der Waals surface area contributed by atoms with E-state index in [9.17, 15) is 18.0 Å². The average Bonchev–Trinajstić information content (AvgIpc) is 2.96. The summed E-state index contributed by atoms with van der Waals surface area (Å²) in [7, 11) is 4.51. The molecule has 0 saturated carbocycles. The van der Waals surface area contributed by atoms with Crippen molar-refractivity contribution in [1.29, 1.82) is 0 Å². The Bertz CT molecular complexity index is 1490. The highest BCUT2D eigenvalue weighted by molar-refractivity contribution is 6.00. The molecule has 0 saturated heterocycles. The zero-order valence-electron chi connectivity index (χ0n) is 22.5. The van der Waals surface area contributed by atoms with Gasteiger partial charge in [-0.15, -0.1) is 10.2 Å². The van der Waals surface area contributed by atoms with Crippen LogP contribution >= 0.6 is 0 Å². The van der Waals surface area contributed by atoms with E-state index in [2.05, 4.69) is 31.1 Å². The van der Waals surface area contributed by atoms with E-state index in [1.54, 1.807) is 43.3 Å². The molecule has 0 spiro atoms. The van der Waals surface area contributed by atoms with Crippen LogP contribution in [0, 0.1) is 0 Å². The molecule has 4 aromatic rings. The number of aromatic nitrogens is 3. The normalized spacial score (nSPS) is 11.8. The Morgan fingerprint density at radius 1 is 0.854 bits per heavy atom. The van der Waals surface area contributed by atoms with E-state index in [1.165, 1.54) is 39.7 Å². The molecule has 0 bridgehead atoms. The van der Waals surface area contributed by atoms with Crippen LogP contribution in [0.2, 0.25) is 0 Å². The second kappa shape index (κ2) is 12.4. The van der Waals surface area contributed by atoms with Crippen molar-refractivity contribution in [3.8, 4) is 17.2 Å². The Hall–Kier alpha value is -5.07. The summed E-state index contributed by atoms with van der Waals surface area (Å²) in [6, 6.07) is 14.0. The van der Waals surface area contributed by atoms with Crippen LogP contribution in [0.3, 0.4) is 0 Å². The van der Waals surface area contributed by atoms with Gasteiger partial charge in [0.25, 0.3) is 5.91 Å². The maximum Gasteiger partial charge on any atom is 0.416 e. The summed E-state index contributed by atoms with van der Waals surface area (Å²) in [5, 5.41) is 17.0. The molecule has 214 valence electrons. The van der Waals surface area contributed by atoms with E-state index in [1.807, 2.05) is 0 Å². The highest BCUT2D eigenvalue weighted by atomic mass is 19.4. The molecule has 0 fully saturated rings. The summed E-state index contributed by atoms with van der Waals surface area (Å²) in [5.41, 5.74) is 0.923. The van der Waals surface area contributed by atoms with Gasteiger partial charge >= 0.3 is 6.18 Å². The molecule has 0 aliphatic rings. The number of rotatable bonds is 10. The quantitative estimate of drug-likeness (QED) is 0.215. The van der Waals surface area contributed by atoms with Gasteiger partial charge in [0.1, 0.15) is 5.69 Å². The van der Waals surface area contributed by atoms with Gasteiger partial charge in [0.05, 0.1) is 50.4 Å². The van der Waals surface area contributed by atoms with Crippen LogP contribution in [0.5, 0.6) is 17.2 Å². The highest BCUT2D eigenvalue weighted by Gasteiger charge is 2.30. The molecule has 3 aromatic carbocycles. The van der Waals surface area contributed by atoms with Gasteiger partial charge in [-0.1, -0.05) is 18.2 Å². The van der Waals surface area contributed by atoms with Crippen molar-refractivity contribution in [3.63, 3.8) is 0 Å². The molecule has 3 N–H and O–H groups in total. The molecule has 1 aromatic heterocycles. The number of anilines is 4. The average molecular weight is 569 g/mol. The summed E-state index contributed by atoms with van der Waals surface area (Å²) >= 11 is 0. The number of hydrogen-bond donors (Lipinski definition) is 3. The van der Waals surface area contributed by atoms with Gasteiger partial charge in [-0.3, -0.25) is 4.79 Å². The van der Waals surface area contributed by atoms with Crippen molar-refractivity contribution in [2.45, 2.75) is 19.1 Å². The minimum Gasteiger partial charge on any atom is -0.493 e. The molecule has 13 heteroatoms. The van der Waals surface area contributed by atoms with Crippen molar-refractivity contribution in [2.75, 3.05) is 32.0 Å². The summed E-state index contributed by atoms with van der Waals surface area (Å²) in [6.45, 7) is 1.71. The summed E-state index contributed by atoms with van der Waals surface area (Å²) in [5.74, 6) is 1.05. The fourth-order valence-electron chi connectivity index (χ4n) is 3.89. The SMILES string of the molecule is COc1cc(Nc2ncc(C(C)NC(=O)c3ccccc3Nc3cccc(C(F)(F)F)c3)nn2)cc(OC)c1OC. The maximum absolute atomic E-state index is 13.1. The number of halogens is 3. The second-order valence-corrected chi connectivity index (χ2v) is 8.69. The van der Waals surface area contributed by atoms with Crippen LogP contribution in [0.15, 0.2) is 66.9 Å². The number of nitrogens with zero attached hydrogens (tertiary/aromatic N) is 3. The van der Waals surface area contributed by atoms with Crippen LogP contribution in [0.4, 0.5) is 36.2 Å². The predicted octanol–water partition coefficient (Wildman–Crippen LogP) is 5.89. The lowest BCUT2D eigenvalue weighted by Gasteiger charge is -2.17. The first kappa shape index (κ1) is 28.9. The van der Waals surface area contributed by atoms with Crippen LogP contribution in [-0.2, 0) is 6.18 Å². The molecule has 0 aliphatic carbocycles. The van der Waals surface area contributed by atoms with Crippen LogP contribution in [0.1, 0.15) is 34.6 Å². The fourth-order valence-corrected chi connectivity index (χ4v) is 3.89. The Labute approximate surface area is 233 Å². The molecule has 1 amide bonds. The molecular formula is C28H27F3N6O4. The fraction of sp³-hybridized carbons (Fsp3) is 0.214. The largest absolute Gasteiger partial charge is 0.493 e. The minimum atomic E-state index is -4.49. The van der Waals surface area contributed by atoms with E-state index in [4.69, 9.17) is 14.2 Å². The molecular weight excluding hydrogens is 541 g/mol. The first-order valence-corrected chi connectivity index (χ1v) is 12.2. The molecule has 1 heterocycles. The molecule has 0 aliphatic heterocycles. The van der Waals surface area contributed by atoms with E-state index >= 15 is 0 Å². The number of benzene rings is 3. The van der Waals surface area contributed by atoms with Crippen LogP contribution in [-0.4, -0.2) is 42.4 Å². The lowest BCUT2D eigenvalue weighted by molar-refractivity contribution is -0.137. The zero-order chi connectivity index (χ0) is 29.6. The van der Waals surface area contributed by atoms with Gasteiger partial charge in [-0.25, -0.2) is 4.98 Å². The predicted molar refractivity (Wildman–Crippen MR) is 146 cm³/mol. The molecule has 41 heavy (non-hydrogen) atoms. The number of alkyl halides is 3. The van der Waals surface area contributed by atoms with Crippen molar-refractivity contribution < 1.29 is 32.2 Å². The van der Waals surface area contributed by atoms with Crippen LogP contribution < -0.4 is 30.2 Å². The van der Waals surface area contributed by atoms with Crippen molar-refractivity contribution in [3.05, 3.63) is 83.7 Å². The first-order valence-electron chi connectivity index (χ1n) is 12.2. The lowest BCUT2D eigenvalue weighted by Crippen LogP contribution is -2.28. The van der Waals surface area contributed by atoms with Gasteiger partial charge in [-0.2, -0.15) is 13.2 Å². The highest BCUT2D eigenvalue weighted by Crippen LogP contribution is 2.40. The Kier molecular flexibility index (Phi) is 8.75. The molecule has 1 unspecified atom stereocenters. The monoisotopic (exact) mass is 568 g/mol. The molecule has 4 rings (SSSR count). The van der Waals surface area contributed by atoms with Gasteiger partial charge < -0.3 is 30.2 Å². The number of carbonyl (C=O) groups is 1. The van der Waals surface area contributed by atoms with Gasteiger partial charge in [0.15, 0.2) is 11.5 Å². The Balaban J connectivity index is 1.45. The number of ether oxygens (including phenoxy) is 3. The van der Waals surface area contributed by atoms with E-state index in [-0.39, 0.29) is 17.2 Å². The third-order valence-electron chi connectivity index (χ3n) is 5.93. The van der Waals surface area contributed by atoms with E-state index < -0.39 is 23.7 Å². The maximum atomic E-state index is 13.1. The summed E-state index contributed by atoms with van der Waals surface area (Å²) < 4.78 is 55.4. The standard InChI is InChI=1S/C28H27F3N6O4/c1-16(22-15-32-27(37-36-22)35-19-13-23(39-2)25(41-4)24(14-19)40-3)33-26(38)20-10-5-6-11-21(20)34-18-9-7-8-17(12-18)28(29,30)31/h5-16,34H,1-4H3,(H,33,38)(H,32,35,37). The van der Waals surface area contributed by atoms with Gasteiger partial charge in [-0.05, 0) is 37.3 Å².